The first-order chi connectivity index (χ1) is 16.7. The number of halogens is 4. The van der Waals surface area contributed by atoms with E-state index in [4.69, 9.17) is 63.3 Å². The predicted molar refractivity (Wildman–Crippen MR) is 143 cm³/mol. The molecule has 0 radical (unpaired) electrons. The summed E-state index contributed by atoms with van der Waals surface area (Å²) in [5.74, 6) is 2.71. The molecule has 0 aliphatic carbocycles. The van der Waals surface area contributed by atoms with Crippen molar-refractivity contribution in [1.82, 2.24) is 4.31 Å². The summed E-state index contributed by atoms with van der Waals surface area (Å²) in [5.41, 5.74) is 10.2. The van der Waals surface area contributed by atoms with Crippen molar-refractivity contribution in [2.24, 2.45) is 11.5 Å². The summed E-state index contributed by atoms with van der Waals surface area (Å²) < 4.78 is 27.7. The lowest BCUT2D eigenvalue weighted by molar-refractivity contribution is -0.141. The Balaban J connectivity index is 2.40. The molecule has 0 aliphatic rings. The molecule has 0 aromatic heterocycles. The van der Waals surface area contributed by atoms with E-state index in [9.17, 15) is 18.3 Å². The average molecular weight is 595 g/mol. The number of nitrogens with zero attached hydrogens (tertiary/aromatic N) is 1. The quantitative estimate of drug-likeness (QED) is 0.155. The SMILES string of the molecule is CC#CC(N)(CCCN(C(=N)N)S(=O)(=O)c1cc(Cl)cc(Cl)c1NCc1cc(Cl)cc(Cl)c1)C(=O)O. The van der Waals surface area contributed by atoms with Crippen LogP contribution in [0.3, 0.4) is 0 Å². The lowest BCUT2D eigenvalue weighted by Crippen LogP contribution is -2.48. The maximum absolute atomic E-state index is 13.6. The first-order valence-electron chi connectivity index (χ1n) is 10.2. The fourth-order valence-corrected chi connectivity index (χ4v) is 6.10. The van der Waals surface area contributed by atoms with Gasteiger partial charge < -0.3 is 21.9 Å². The Labute approximate surface area is 229 Å². The number of hydrogen-bond acceptors (Lipinski definition) is 6. The molecular weight excluding hydrogens is 572 g/mol. The second-order valence-corrected chi connectivity index (χ2v) is 11.2. The Kier molecular flexibility index (Phi) is 10.1. The van der Waals surface area contributed by atoms with Gasteiger partial charge in [-0.3, -0.25) is 5.41 Å². The number of guanidine groups is 1. The van der Waals surface area contributed by atoms with Gasteiger partial charge in [-0.25, -0.2) is 17.5 Å². The highest BCUT2D eigenvalue weighted by atomic mass is 35.5. The maximum atomic E-state index is 13.6. The maximum Gasteiger partial charge on any atom is 0.336 e. The molecule has 0 bridgehead atoms. The van der Waals surface area contributed by atoms with Crippen LogP contribution in [-0.2, 0) is 21.4 Å². The van der Waals surface area contributed by atoms with E-state index in [0.29, 0.717) is 19.9 Å². The van der Waals surface area contributed by atoms with E-state index >= 15 is 0 Å². The second-order valence-electron chi connectivity index (χ2n) is 7.61. The standard InChI is InChI=1S/C22H23Cl4N5O4S/c1-2-4-22(29,20(32)33)5-3-6-31(21(27)28)36(34,35)18-11-16(25)10-17(26)19(18)30-12-13-7-14(23)9-15(24)8-13/h7-11,30H,3,5-6,12,29H2,1H3,(H3,27,28)(H,32,33). The molecular formula is C22H23Cl4N5O4S. The normalized spacial score (nSPS) is 12.7. The van der Waals surface area contributed by atoms with Crippen LogP contribution >= 0.6 is 46.4 Å². The highest BCUT2D eigenvalue weighted by Crippen LogP contribution is 2.35. The van der Waals surface area contributed by atoms with E-state index in [-0.39, 0.29) is 46.6 Å². The van der Waals surface area contributed by atoms with E-state index < -0.39 is 27.5 Å². The molecule has 2 aromatic carbocycles. The van der Waals surface area contributed by atoms with Crippen molar-refractivity contribution < 1.29 is 18.3 Å². The third-order valence-electron chi connectivity index (χ3n) is 4.91. The number of rotatable bonds is 10. The second kappa shape index (κ2) is 12.2. The zero-order valence-corrected chi connectivity index (χ0v) is 22.7. The van der Waals surface area contributed by atoms with Crippen LogP contribution in [0.1, 0.15) is 25.3 Å². The smallest absolute Gasteiger partial charge is 0.336 e. The van der Waals surface area contributed by atoms with Crippen LogP contribution in [-0.4, -0.2) is 41.8 Å². The molecule has 0 fully saturated rings. The Bertz CT molecular complexity index is 1320. The van der Waals surface area contributed by atoms with Crippen molar-refractivity contribution in [3.05, 3.63) is 56.0 Å². The molecule has 14 heteroatoms. The van der Waals surface area contributed by atoms with Crippen molar-refractivity contribution in [3.63, 3.8) is 0 Å². The molecule has 2 aromatic rings. The van der Waals surface area contributed by atoms with Gasteiger partial charge in [0.2, 0.25) is 5.96 Å². The zero-order chi connectivity index (χ0) is 27.3. The van der Waals surface area contributed by atoms with Crippen molar-refractivity contribution in [2.45, 2.75) is 36.7 Å². The average Bonchev–Trinajstić information content (AvgIpc) is 2.74. The van der Waals surface area contributed by atoms with Crippen LogP contribution in [0.15, 0.2) is 35.2 Å². The molecule has 0 saturated heterocycles. The predicted octanol–water partition coefficient (Wildman–Crippen LogP) is 4.38. The summed E-state index contributed by atoms with van der Waals surface area (Å²) in [7, 11) is -4.47. The molecule has 0 aliphatic heterocycles. The number of nitrogens with one attached hydrogen (secondary N) is 2. The monoisotopic (exact) mass is 593 g/mol. The zero-order valence-electron chi connectivity index (χ0n) is 18.9. The summed E-state index contributed by atoms with van der Waals surface area (Å²) in [6.07, 6.45) is -0.256. The number of aliphatic carboxylic acids is 1. The lowest BCUT2D eigenvalue weighted by atomic mass is 9.95. The number of benzene rings is 2. The first kappa shape index (κ1) is 29.8. The summed E-state index contributed by atoms with van der Waals surface area (Å²) >= 11 is 24.5. The summed E-state index contributed by atoms with van der Waals surface area (Å²) in [6, 6.07) is 7.35. The molecule has 9 nitrogen and oxygen atoms in total. The van der Waals surface area contributed by atoms with Crippen LogP contribution in [0, 0.1) is 17.3 Å². The van der Waals surface area contributed by atoms with Crippen molar-refractivity contribution >= 4 is 74.0 Å². The van der Waals surface area contributed by atoms with Gasteiger partial charge in [-0.05, 0) is 55.7 Å². The van der Waals surface area contributed by atoms with Gasteiger partial charge in [-0.2, -0.15) is 0 Å². The lowest BCUT2D eigenvalue weighted by Gasteiger charge is -2.26. The number of anilines is 1. The molecule has 0 heterocycles. The van der Waals surface area contributed by atoms with E-state index in [1.165, 1.54) is 19.1 Å². The van der Waals surface area contributed by atoms with Crippen molar-refractivity contribution in [2.75, 3.05) is 11.9 Å². The molecule has 1 unspecified atom stereocenters. The van der Waals surface area contributed by atoms with Gasteiger partial charge in [-0.1, -0.05) is 52.3 Å². The number of hydrogen-bond donors (Lipinski definition) is 5. The highest BCUT2D eigenvalue weighted by Gasteiger charge is 2.34. The number of nitrogens with two attached hydrogens (primary N) is 2. The summed E-state index contributed by atoms with van der Waals surface area (Å²) in [5, 5.41) is 21.0. The summed E-state index contributed by atoms with van der Waals surface area (Å²) in [4.78, 5) is 11.2. The van der Waals surface area contributed by atoms with Gasteiger partial charge in [0.05, 0.1) is 10.7 Å². The number of carbonyl (C=O) groups is 1. The van der Waals surface area contributed by atoms with Crippen molar-refractivity contribution in [3.8, 4) is 11.8 Å². The van der Waals surface area contributed by atoms with Gasteiger partial charge in [0.25, 0.3) is 10.0 Å². The molecule has 0 spiro atoms. The van der Waals surface area contributed by atoms with E-state index in [2.05, 4.69) is 17.2 Å². The molecule has 1 atom stereocenters. The molecule has 36 heavy (non-hydrogen) atoms. The van der Waals surface area contributed by atoms with Gasteiger partial charge in [0.1, 0.15) is 4.90 Å². The van der Waals surface area contributed by atoms with E-state index in [1.54, 1.807) is 18.2 Å². The Morgan fingerprint density at radius 3 is 2.25 bits per heavy atom. The van der Waals surface area contributed by atoms with Crippen LogP contribution in [0.2, 0.25) is 20.1 Å². The Morgan fingerprint density at radius 2 is 1.72 bits per heavy atom. The fraction of sp³-hybridized carbons (Fsp3) is 0.273. The Hall–Kier alpha value is -2.39. The van der Waals surface area contributed by atoms with Crippen LogP contribution in [0.4, 0.5) is 5.69 Å². The Morgan fingerprint density at radius 1 is 1.14 bits per heavy atom. The van der Waals surface area contributed by atoms with Gasteiger partial charge in [0, 0.05) is 28.2 Å². The van der Waals surface area contributed by atoms with Gasteiger partial charge in [-0.15, -0.1) is 5.92 Å². The molecule has 194 valence electrons. The van der Waals surface area contributed by atoms with E-state index in [1.807, 2.05) is 0 Å². The number of sulfonamides is 1. The number of carboxylic acid groups (broad SMARTS) is 1. The largest absolute Gasteiger partial charge is 0.479 e. The van der Waals surface area contributed by atoms with E-state index in [0.717, 1.165) is 0 Å². The third-order valence-corrected chi connectivity index (χ3v) is 7.70. The summed E-state index contributed by atoms with van der Waals surface area (Å²) in [6.45, 7) is 1.20. The highest BCUT2D eigenvalue weighted by molar-refractivity contribution is 7.89. The first-order valence-corrected chi connectivity index (χ1v) is 13.2. The minimum Gasteiger partial charge on any atom is -0.479 e. The minimum absolute atomic E-state index is 0.00257. The van der Waals surface area contributed by atoms with Crippen LogP contribution in [0.5, 0.6) is 0 Å². The van der Waals surface area contributed by atoms with Gasteiger partial charge >= 0.3 is 5.97 Å². The minimum atomic E-state index is -4.47. The molecule has 0 amide bonds. The molecule has 0 saturated carbocycles. The molecule has 7 N–H and O–H groups in total. The third kappa shape index (κ3) is 7.32. The molecule has 2 rings (SSSR count). The number of carboxylic acids is 1. The van der Waals surface area contributed by atoms with Crippen LogP contribution in [0.25, 0.3) is 0 Å². The topological polar surface area (TPSA) is 163 Å². The van der Waals surface area contributed by atoms with Crippen molar-refractivity contribution in [1.29, 1.82) is 5.41 Å². The van der Waals surface area contributed by atoms with Gasteiger partial charge in [0.15, 0.2) is 5.54 Å². The van der Waals surface area contributed by atoms with Crippen LogP contribution < -0.4 is 16.8 Å². The fourth-order valence-electron chi connectivity index (χ4n) is 3.26.